The molecule has 0 bridgehead atoms. The third-order valence-corrected chi connectivity index (χ3v) is 4.96. The molecule has 0 saturated heterocycles. The summed E-state index contributed by atoms with van der Waals surface area (Å²) in [6, 6.07) is 14.2. The number of hydrogen-bond acceptors (Lipinski definition) is 7. The van der Waals surface area contributed by atoms with Gasteiger partial charge in [0.1, 0.15) is 5.75 Å². The predicted octanol–water partition coefficient (Wildman–Crippen LogP) is 3.44. The van der Waals surface area contributed by atoms with Gasteiger partial charge in [0.25, 0.3) is 11.8 Å². The highest BCUT2D eigenvalue weighted by atomic mass is 32.2. The molecule has 2 N–H and O–H groups in total. The Balaban J connectivity index is 1.64. The van der Waals surface area contributed by atoms with Crippen LogP contribution in [0.15, 0.2) is 57.9 Å². The highest BCUT2D eigenvalue weighted by Gasteiger charge is 2.13. The van der Waals surface area contributed by atoms with Gasteiger partial charge in [-0.2, -0.15) is 4.98 Å². The number of thioether (sulfide) groups is 1. The molecule has 0 fully saturated rings. The largest absolute Gasteiger partial charge is 0.484 e. The van der Waals surface area contributed by atoms with Gasteiger partial charge in [-0.3, -0.25) is 9.59 Å². The van der Waals surface area contributed by atoms with Crippen molar-refractivity contribution in [3.05, 3.63) is 65.8 Å². The van der Waals surface area contributed by atoms with Crippen molar-refractivity contribution in [3.8, 4) is 5.75 Å². The van der Waals surface area contributed by atoms with E-state index >= 15 is 0 Å². The van der Waals surface area contributed by atoms with E-state index in [1.54, 1.807) is 37.3 Å². The molecule has 0 aliphatic rings. The third-order valence-electron chi connectivity index (χ3n) is 3.89. The third kappa shape index (κ3) is 6.08. The lowest BCUT2D eigenvalue weighted by Crippen LogP contribution is -2.28. The smallest absolute Gasteiger partial charge is 0.257 e. The molecule has 0 radical (unpaired) electrons. The average molecular weight is 426 g/mol. The monoisotopic (exact) mass is 426 g/mol. The van der Waals surface area contributed by atoms with E-state index < -0.39 is 0 Å². The molecule has 1 aromatic heterocycles. The van der Waals surface area contributed by atoms with E-state index in [-0.39, 0.29) is 18.4 Å². The summed E-state index contributed by atoms with van der Waals surface area (Å²) in [4.78, 5) is 29.4. The number of aromatic nitrogens is 2. The van der Waals surface area contributed by atoms with Crippen LogP contribution in [0.2, 0.25) is 0 Å². The van der Waals surface area contributed by atoms with E-state index in [2.05, 4.69) is 20.8 Å². The summed E-state index contributed by atoms with van der Waals surface area (Å²) >= 11 is 1.46. The van der Waals surface area contributed by atoms with Crippen molar-refractivity contribution in [1.29, 1.82) is 0 Å². The molecule has 30 heavy (non-hydrogen) atoms. The summed E-state index contributed by atoms with van der Waals surface area (Å²) < 4.78 is 10.4. The van der Waals surface area contributed by atoms with Crippen LogP contribution in [0.4, 0.5) is 5.69 Å². The van der Waals surface area contributed by atoms with Crippen LogP contribution in [-0.4, -0.2) is 35.1 Å². The fraction of sp³-hybridized carbons (Fsp3) is 0.238. The number of aryl methyl sites for hydroxylation is 1. The van der Waals surface area contributed by atoms with Crippen molar-refractivity contribution >= 4 is 29.3 Å². The van der Waals surface area contributed by atoms with Gasteiger partial charge < -0.3 is 19.9 Å². The van der Waals surface area contributed by atoms with Crippen molar-refractivity contribution in [2.45, 2.75) is 24.5 Å². The zero-order valence-corrected chi connectivity index (χ0v) is 17.5. The van der Waals surface area contributed by atoms with E-state index in [1.165, 1.54) is 11.8 Å². The first-order valence-corrected chi connectivity index (χ1v) is 10.4. The first kappa shape index (κ1) is 21.4. The number of hydrogen-bond donors (Lipinski definition) is 2. The second-order valence-corrected chi connectivity index (χ2v) is 7.26. The van der Waals surface area contributed by atoms with Gasteiger partial charge in [0.2, 0.25) is 5.89 Å². The van der Waals surface area contributed by atoms with Crippen LogP contribution in [0, 0.1) is 6.92 Å². The molecular formula is C21H22N4O4S. The molecule has 9 heteroatoms. The number of carbonyl (C=O) groups is 2. The summed E-state index contributed by atoms with van der Waals surface area (Å²) in [5, 5.41) is 9.41. The van der Waals surface area contributed by atoms with Gasteiger partial charge in [-0.25, -0.2) is 0 Å². The van der Waals surface area contributed by atoms with Gasteiger partial charge in [0.05, 0.1) is 11.3 Å². The Morgan fingerprint density at radius 1 is 1.17 bits per heavy atom. The number of nitrogens with zero attached hydrogens (tertiary/aromatic N) is 2. The maximum Gasteiger partial charge on any atom is 0.257 e. The van der Waals surface area contributed by atoms with E-state index in [9.17, 15) is 9.59 Å². The summed E-state index contributed by atoms with van der Waals surface area (Å²) in [6.07, 6.45) is 0. The molecule has 1 heterocycles. The molecule has 3 aromatic rings. The fourth-order valence-electron chi connectivity index (χ4n) is 2.58. The second kappa shape index (κ2) is 10.4. The van der Waals surface area contributed by atoms with Crippen molar-refractivity contribution in [2.75, 3.05) is 18.5 Å². The molecule has 3 rings (SSSR count). The molecule has 0 atom stereocenters. The van der Waals surface area contributed by atoms with Crippen LogP contribution in [0.25, 0.3) is 0 Å². The van der Waals surface area contributed by atoms with E-state index in [1.807, 2.05) is 25.1 Å². The van der Waals surface area contributed by atoms with Crippen LogP contribution < -0.4 is 15.4 Å². The lowest BCUT2D eigenvalue weighted by Gasteiger charge is -2.11. The molecule has 0 aliphatic carbocycles. The lowest BCUT2D eigenvalue weighted by atomic mass is 10.2. The molecule has 8 nitrogen and oxygen atoms in total. The summed E-state index contributed by atoms with van der Waals surface area (Å²) in [5.74, 6) is 1.62. The molecule has 0 saturated carbocycles. The Kier molecular flexibility index (Phi) is 7.45. The van der Waals surface area contributed by atoms with Gasteiger partial charge in [0.15, 0.2) is 12.4 Å². The van der Waals surface area contributed by atoms with E-state index in [0.29, 0.717) is 41.0 Å². The minimum absolute atomic E-state index is 0.0831. The number of nitrogens with one attached hydrogen (secondary N) is 2. The summed E-state index contributed by atoms with van der Waals surface area (Å²) in [7, 11) is 0. The molecular weight excluding hydrogens is 404 g/mol. The van der Waals surface area contributed by atoms with Crippen molar-refractivity contribution in [3.63, 3.8) is 0 Å². The van der Waals surface area contributed by atoms with Crippen LogP contribution >= 0.6 is 11.8 Å². The van der Waals surface area contributed by atoms with E-state index in [4.69, 9.17) is 9.26 Å². The Hall–Kier alpha value is -3.33. The molecule has 0 spiro atoms. The number of anilines is 1. The van der Waals surface area contributed by atoms with Crippen molar-refractivity contribution < 1.29 is 18.8 Å². The highest BCUT2D eigenvalue weighted by molar-refractivity contribution is 7.98. The Morgan fingerprint density at radius 2 is 2.00 bits per heavy atom. The van der Waals surface area contributed by atoms with Crippen LogP contribution in [0.5, 0.6) is 5.75 Å². The quantitative estimate of drug-likeness (QED) is 0.505. The number of rotatable bonds is 9. The van der Waals surface area contributed by atoms with Crippen molar-refractivity contribution in [2.24, 2.45) is 0 Å². The Bertz CT molecular complexity index is 1020. The maximum atomic E-state index is 12.8. The number of carbonyl (C=O) groups excluding carboxylic acids is 2. The fourth-order valence-corrected chi connectivity index (χ4v) is 3.47. The second-order valence-electron chi connectivity index (χ2n) is 6.24. The topological polar surface area (TPSA) is 106 Å². The van der Waals surface area contributed by atoms with Gasteiger partial charge >= 0.3 is 0 Å². The summed E-state index contributed by atoms with van der Waals surface area (Å²) in [6.45, 7) is 4.03. The molecule has 2 amide bonds. The Labute approximate surface area is 178 Å². The minimum atomic E-state index is -0.247. The van der Waals surface area contributed by atoms with Gasteiger partial charge in [-0.1, -0.05) is 23.4 Å². The van der Waals surface area contributed by atoms with Crippen molar-refractivity contribution in [1.82, 2.24) is 15.5 Å². The zero-order valence-electron chi connectivity index (χ0n) is 16.7. The van der Waals surface area contributed by atoms with Gasteiger partial charge in [-0.15, -0.1) is 11.8 Å². The van der Waals surface area contributed by atoms with Gasteiger partial charge in [0, 0.05) is 30.1 Å². The Morgan fingerprint density at radius 3 is 2.77 bits per heavy atom. The number of ether oxygens (including phenoxy) is 1. The SMILES string of the molecule is CCNC(=O)COc1cccc(NC(=O)c2ccccc2SCc2noc(C)n2)c1. The standard InChI is InChI=1S/C21H22N4O4S/c1-3-22-20(26)12-28-16-8-6-7-15(11-16)24-21(27)17-9-4-5-10-18(17)30-13-19-23-14(2)29-25-19/h4-11H,3,12-13H2,1-2H3,(H,22,26)(H,24,27). The number of amides is 2. The normalized spacial score (nSPS) is 10.5. The number of benzene rings is 2. The highest BCUT2D eigenvalue weighted by Crippen LogP contribution is 2.26. The zero-order chi connectivity index (χ0) is 21.3. The maximum absolute atomic E-state index is 12.8. The summed E-state index contributed by atoms with van der Waals surface area (Å²) in [5.41, 5.74) is 1.11. The number of likely N-dealkylation sites (N-methyl/N-ethyl adjacent to an activating group) is 1. The minimum Gasteiger partial charge on any atom is -0.484 e. The predicted molar refractivity (Wildman–Crippen MR) is 114 cm³/mol. The van der Waals surface area contributed by atoms with Crippen LogP contribution in [-0.2, 0) is 10.5 Å². The van der Waals surface area contributed by atoms with Crippen LogP contribution in [0.1, 0.15) is 29.0 Å². The molecule has 2 aromatic carbocycles. The first-order chi connectivity index (χ1) is 14.5. The average Bonchev–Trinajstić information content (AvgIpc) is 3.16. The van der Waals surface area contributed by atoms with Gasteiger partial charge in [-0.05, 0) is 31.2 Å². The first-order valence-electron chi connectivity index (χ1n) is 9.37. The molecule has 156 valence electrons. The van der Waals surface area contributed by atoms with E-state index in [0.717, 1.165) is 4.90 Å². The van der Waals surface area contributed by atoms with Crippen LogP contribution in [0.3, 0.4) is 0 Å². The lowest BCUT2D eigenvalue weighted by molar-refractivity contribution is -0.122. The molecule has 0 unspecified atom stereocenters. The molecule has 0 aliphatic heterocycles.